The molecule has 0 bridgehead atoms. The average molecular weight is 205 g/mol. The van der Waals surface area contributed by atoms with E-state index in [1.807, 2.05) is 39.0 Å². The van der Waals surface area contributed by atoms with E-state index in [-0.39, 0.29) is 5.91 Å². The Labute approximate surface area is 89.4 Å². The Morgan fingerprint density at radius 2 is 2.13 bits per heavy atom. The molecule has 1 amide bonds. The fourth-order valence-corrected chi connectivity index (χ4v) is 1.95. The summed E-state index contributed by atoms with van der Waals surface area (Å²) in [6.45, 7) is 6.38. The fraction of sp³-hybridized carbons (Fsp3) is 0.417. The van der Waals surface area contributed by atoms with Gasteiger partial charge in [-0.2, -0.15) is 0 Å². The van der Waals surface area contributed by atoms with Gasteiger partial charge < -0.3 is 10.1 Å². The average Bonchev–Trinajstić information content (AvgIpc) is 2.39. The number of carbonyl (C=O) groups is 1. The smallest absolute Gasteiger partial charge is 0.234 e. The Bertz CT molecular complexity index is 410. The summed E-state index contributed by atoms with van der Waals surface area (Å²) in [6.07, 6.45) is 0. The number of rotatable bonds is 2. The number of nitrogens with one attached hydrogen (secondary N) is 1. The molecule has 0 saturated heterocycles. The molecular weight excluding hydrogens is 190 g/mol. The summed E-state index contributed by atoms with van der Waals surface area (Å²) in [5, 5.41) is 2.87. The largest absolute Gasteiger partial charge is 0.493 e. The molecule has 1 aromatic rings. The van der Waals surface area contributed by atoms with Crippen LogP contribution >= 0.6 is 0 Å². The highest BCUT2D eigenvalue weighted by molar-refractivity contribution is 6.06. The van der Waals surface area contributed by atoms with Gasteiger partial charge in [-0.05, 0) is 32.9 Å². The zero-order chi connectivity index (χ0) is 11.1. The van der Waals surface area contributed by atoms with Crippen LogP contribution in [-0.2, 0) is 10.2 Å². The topological polar surface area (TPSA) is 38.3 Å². The van der Waals surface area contributed by atoms with Crippen molar-refractivity contribution in [2.75, 3.05) is 11.9 Å². The van der Waals surface area contributed by atoms with Crippen LogP contribution in [0.2, 0.25) is 0 Å². The summed E-state index contributed by atoms with van der Waals surface area (Å²) in [5.74, 6) is 0.836. The lowest BCUT2D eigenvalue weighted by Gasteiger charge is -2.18. The lowest BCUT2D eigenvalue weighted by atomic mass is 9.85. The van der Waals surface area contributed by atoms with Gasteiger partial charge in [-0.15, -0.1) is 0 Å². The number of fused-ring (bicyclic) bond motifs is 1. The molecule has 0 fully saturated rings. The molecule has 0 spiro atoms. The third kappa shape index (κ3) is 1.39. The van der Waals surface area contributed by atoms with Crippen LogP contribution in [-0.4, -0.2) is 12.5 Å². The van der Waals surface area contributed by atoms with Crippen molar-refractivity contribution >= 4 is 11.6 Å². The number of benzene rings is 1. The number of hydrogen-bond acceptors (Lipinski definition) is 2. The molecule has 15 heavy (non-hydrogen) atoms. The van der Waals surface area contributed by atoms with E-state index in [0.29, 0.717) is 6.61 Å². The molecule has 1 aliphatic rings. The van der Waals surface area contributed by atoms with Crippen LogP contribution in [0.3, 0.4) is 0 Å². The second-order valence-corrected chi connectivity index (χ2v) is 4.19. The molecule has 0 aromatic heterocycles. The lowest BCUT2D eigenvalue weighted by Crippen LogP contribution is -2.27. The number of anilines is 1. The SMILES string of the molecule is CCOc1cccc2c1C(C)(C)C(=O)N2. The van der Waals surface area contributed by atoms with Crippen molar-refractivity contribution < 1.29 is 9.53 Å². The minimum absolute atomic E-state index is 0.0321. The molecule has 0 radical (unpaired) electrons. The predicted octanol–water partition coefficient (Wildman–Crippen LogP) is 2.31. The monoisotopic (exact) mass is 205 g/mol. The van der Waals surface area contributed by atoms with E-state index in [2.05, 4.69) is 5.32 Å². The molecule has 80 valence electrons. The van der Waals surface area contributed by atoms with E-state index in [4.69, 9.17) is 4.74 Å². The number of amides is 1. The van der Waals surface area contributed by atoms with Gasteiger partial charge in [0.2, 0.25) is 5.91 Å². The third-order valence-electron chi connectivity index (χ3n) is 2.77. The van der Waals surface area contributed by atoms with Gasteiger partial charge >= 0.3 is 0 Å². The first-order valence-corrected chi connectivity index (χ1v) is 5.15. The number of ether oxygens (including phenoxy) is 1. The Morgan fingerprint density at radius 3 is 2.80 bits per heavy atom. The van der Waals surface area contributed by atoms with Gasteiger partial charge in [-0.1, -0.05) is 6.07 Å². The molecule has 1 aromatic carbocycles. The van der Waals surface area contributed by atoms with E-state index in [0.717, 1.165) is 17.0 Å². The quantitative estimate of drug-likeness (QED) is 0.804. The normalized spacial score (nSPS) is 17.1. The van der Waals surface area contributed by atoms with Crippen molar-refractivity contribution in [3.05, 3.63) is 23.8 Å². The second kappa shape index (κ2) is 3.26. The zero-order valence-corrected chi connectivity index (χ0v) is 9.26. The highest BCUT2D eigenvalue weighted by Gasteiger charge is 2.40. The Balaban J connectivity index is 2.56. The third-order valence-corrected chi connectivity index (χ3v) is 2.77. The maximum atomic E-state index is 11.7. The van der Waals surface area contributed by atoms with Gasteiger partial charge in [0.15, 0.2) is 0 Å². The summed E-state index contributed by atoms with van der Waals surface area (Å²) in [6, 6.07) is 5.71. The molecule has 1 heterocycles. The first kappa shape index (κ1) is 10.0. The van der Waals surface area contributed by atoms with Crippen LogP contribution in [0, 0.1) is 0 Å². The van der Waals surface area contributed by atoms with Crippen molar-refractivity contribution in [3.8, 4) is 5.75 Å². The van der Waals surface area contributed by atoms with Crippen molar-refractivity contribution in [2.45, 2.75) is 26.2 Å². The Hall–Kier alpha value is -1.51. The standard InChI is InChI=1S/C12H15NO2/c1-4-15-9-7-5-6-8-10(9)12(2,3)11(14)13-8/h5-7H,4H2,1-3H3,(H,13,14). The number of hydrogen-bond donors (Lipinski definition) is 1. The molecule has 1 aliphatic heterocycles. The molecular formula is C12H15NO2. The van der Waals surface area contributed by atoms with Crippen LogP contribution < -0.4 is 10.1 Å². The van der Waals surface area contributed by atoms with Crippen molar-refractivity contribution in [1.29, 1.82) is 0 Å². The van der Waals surface area contributed by atoms with Crippen LogP contribution in [0.25, 0.3) is 0 Å². The second-order valence-electron chi connectivity index (χ2n) is 4.19. The van der Waals surface area contributed by atoms with Crippen molar-refractivity contribution in [1.82, 2.24) is 0 Å². The molecule has 3 heteroatoms. The van der Waals surface area contributed by atoms with E-state index < -0.39 is 5.41 Å². The first-order chi connectivity index (χ1) is 7.07. The van der Waals surface area contributed by atoms with E-state index in [9.17, 15) is 4.79 Å². The van der Waals surface area contributed by atoms with Gasteiger partial charge in [0.1, 0.15) is 5.75 Å². The maximum Gasteiger partial charge on any atom is 0.234 e. The highest BCUT2D eigenvalue weighted by atomic mass is 16.5. The van der Waals surface area contributed by atoms with E-state index in [1.165, 1.54) is 0 Å². The molecule has 0 saturated carbocycles. The van der Waals surface area contributed by atoms with Crippen LogP contribution in [0.15, 0.2) is 18.2 Å². The molecule has 3 nitrogen and oxygen atoms in total. The van der Waals surface area contributed by atoms with Gasteiger partial charge in [0.05, 0.1) is 12.0 Å². The summed E-state index contributed by atoms with van der Waals surface area (Å²) >= 11 is 0. The Morgan fingerprint density at radius 1 is 1.40 bits per heavy atom. The minimum atomic E-state index is -0.499. The van der Waals surface area contributed by atoms with Gasteiger partial charge in [-0.25, -0.2) is 0 Å². The molecule has 2 rings (SSSR count). The van der Waals surface area contributed by atoms with E-state index in [1.54, 1.807) is 0 Å². The Kier molecular flexibility index (Phi) is 2.18. The van der Waals surface area contributed by atoms with Crippen molar-refractivity contribution in [2.24, 2.45) is 0 Å². The summed E-state index contributed by atoms with van der Waals surface area (Å²) in [5.41, 5.74) is 1.34. The summed E-state index contributed by atoms with van der Waals surface area (Å²) in [7, 11) is 0. The van der Waals surface area contributed by atoms with Gasteiger partial charge in [-0.3, -0.25) is 4.79 Å². The lowest BCUT2D eigenvalue weighted by molar-refractivity contribution is -0.119. The highest BCUT2D eigenvalue weighted by Crippen LogP contribution is 2.42. The maximum absolute atomic E-state index is 11.7. The summed E-state index contributed by atoms with van der Waals surface area (Å²) < 4.78 is 5.54. The summed E-state index contributed by atoms with van der Waals surface area (Å²) in [4.78, 5) is 11.7. The molecule has 1 N–H and O–H groups in total. The molecule has 0 unspecified atom stereocenters. The minimum Gasteiger partial charge on any atom is -0.493 e. The predicted molar refractivity (Wildman–Crippen MR) is 59.3 cm³/mol. The number of carbonyl (C=O) groups excluding carboxylic acids is 1. The van der Waals surface area contributed by atoms with Crippen molar-refractivity contribution in [3.63, 3.8) is 0 Å². The fourth-order valence-electron chi connectivity index (χ4n) is 1.95. The first-order valence-electron chi connectivity index (χ1n) is 5.15. The van der Waals surface area contributed by atoms with Crippen LogP contribution in [0.4, 0.5) is 5.69 Å². The molecule has 0 aliphatic carbocycles. The van der Waals surface area contributed by atoms with E-state index >= 15 is 0 Å². The molecule has 0 atom stereocenters. The zero-order valence-electron chi connectivity index (χ0n) is 9.26. The van der Waals surface area contributed by atoms with Gasteiger partial charge in [0.25, 0.3) is 0 Å². The van der Waals surface area contributed by atoms with Crippen LogP contribution in [0.1, 0.15) is 26.3 Å². The van der Waals surface area contributed by atoms with Gasteiger partial charge in [0, 0.05) is 11.3 Å². The van der Waals surface area contributed by atoms with Crippen LogP contribution in [0.5, 0.6) is 5.75 Å².